The van der Waals surface area contributed by atoms with Crippen molar-refractivity contribution in [2.45, 2.75) is 0 Å². The molecule has 9 aromatic carbocycles. The third-order valence-corrected chi connectivity index (χ3v) is 10.9. The summed E-state index contributed by atoms with van der Waals surface area (Å²) in [4.78, 5) is 10.3. The summed E-state index contributed by atoms with van der Waals surface area (Å²) in [6, 6.07) is 68.8. The molecule has 3 heteroatoms. The number of hydrogen-bond donors (Lipinski definition) is 0. The highest BCUT2D eigenvalue weighted by molar-refractivity contribution is 6.25. The molecule has 0 aliphatic heterocycles. The smallest absolute Gasteiger partial charge is 0.180 e. The Morgan fingerprint density at radius 3 is 1.40 bits per heavy atom. The first kappa shape index (κ1) is 31.2. The van der Waals surface area contributed by atoms with Gasteiger partial charge in [-0.2, -0.15) is 0 Å². The molecule has 11 aromatic rings. The van der Waals surface area contributed by atoms with Crippen molar-refractivity contribution in [3.8, 4) is 56.0 Å². The van der Waals surface area contributed by atoms with Crippen LogP contribution in [-0.2, 0) is 0 Å². The molecular formula is C52H32N2O. The van der Waals surface area contributed by atoms with Crippen LogP contribution < -0.4 is 0 Å². The first-order valence-corrected chi connectivity index (χ1v) is 18.6. The minimum Gasteiger partial charge on any atom is -0.452 e. The van der Waals surface area contributed by atoms with E-state index in [9.17, 15) is 0 Å². The summed E-state index contributed by atoms with van der Waals surface area (Å²) in [5, 5.41) is 8.63. The molecule has 0 saturated heterocycles. The fourth-order valence-corrected chi connectivity index (χ4v) is 8.15. The molecule has 2 heterocycles. The highest BCUT2D eigenvalue weighted by Crippen LogP contribution is 2.40. The van der Waals surface area contributed by atoms with E-state index < -0.39 is 0 Å². The first-order valence-electron chi connectivity index (χ1n) is 18.6. The van der Waals surface area contributed by atoms with Crippen LogP contribution in [0.15, 0.2) is 199 Å². The number of nitrogens with zero attached hydrogens (tertiary/aromatic N) is 2. The van der Waals surface area contributed by atoms with E-state index in [-0.39, 0.29) is 0 Å². The molecule has 256 valence electrons. The van der Waals surface area contributed by atoms with Gasteiger partial charge >= 0.3 is 0 Å². The lowest BCUT2D eigenvalue weighted by molar-refractivity contribution is 0.667. The van der Waals surface area contributed by atoms with Crippen LogP contribution >= 0.6 is 0 Å². The van der Waals surface area contributed by atoms with Gasteiger partial charge in [0.2, 0.25) is 0 Å². The summed E-state index contributed by atoms with van der Waals surface area (Å²) in [5.41, 5.74) is 11.9. The van der Waals surface area contributed by atoms with Gasteiger partial charge in [-0.3, -0.25) is 0 Å². The fourth-order valence-electron chi connectivity index (χ4n) is 8.15. The second-order valence-corrected chi connectivity index (χ2v) is 14.1. The Hall–Kier alpha value is -7.36. The van der Waals surface area contributed by atoms with Crippen molar-refractivity contribution in [1.29, 1.82) is 0 Å². The minimum atomic E-state index is 0.668. The standard InChI is InChI=1S/C52H32N2O/c1-3-12-33(13-4-1)34-22-24-35(25-23-34)49-51-50(54-52(53-49)36-14-5-2-6-15-36)47-32-40(27-29-48(47)55-51)38-17-11-16-37(30-38)39-26-28-45-43-20-8-7-18-41(43)42-19-9-10-21-44(42)46(45)31-39/h1-32H. The van der Waals surface area contributed by atoms with Gasteiger partial charge in [-0.25, -0.2) is 9.97 Å². The highest BCUT2D eigenvalue weighted by atomic mass is 16.3. The van der Waals surface area contributed by atoms with Crippen LogP contribution in [0.3, 0.4) is 0 Å². The van der Waals surface area contributed by atoms with Crippen molar-refractivity contribution in [2.24, 2.45) is 0 Å². The average molecular weight is 701 g/mol. The zero-order valence-corrected chi connectivity index (χ0v) is 29.8. The van der Waals surface area contributed by atoms with Crippen LogP contribution in [0.4, 0.5) is 0 Å². The lowest BCUT2D eigenvalue weighted by atomic mass is 9.91. The minimum absolute atomic E-state index is 0.668. The Bertz CT molecular complexity index is 3200. The monoisotopic (exact) mass is 700 g/mol. The lowest BCUT2D eigenvalue weighted by Crippen LogP contribution is -1.94. The molecule has 0 saturated carbocycles. The largest absolute Gasteiger partial charge is 0.452 e. The molecule has 0 atom stereocenters. The Labute approximate surface area is 317 Å². The predicted octanol–water partition coefficient (Wildman–Crippen LogP) is 14.2. The summed E-state index contributed by atoms with van der Waals surface area (Å²) >= 11 is 0. The van der Waals surface area contributed by atoms with E-state index in [1.165, 1.54) is 49.0 Å². The molecular weight excluding hydrogens is 669 g/mol. The molecule has 55 heavy (non-hydrogen) atoms. The number of benzene rings is 9. The number of furan rings is 1. The molecule has 0 radical (unpaired) electrons. The van der Waals surface area contributed by atoms with E-state index in [1.54, 1.807) is 0 Å². The third-order valence-electron chi connectivity index (χ3n) is 10.9. The molecule has 0 bridgehead atoms. The van der Waals surface area contributed by atoms with E-state index in [2.05, 4.69) is 170 Å². The first-order chi connectivity index (χ1) is 27.2. The van der Waals surface area contributed by atoms with Crippen LogP contribution in [0, 0.1) is 0 Å². The number of aromatic nitrogens is 2. The van der Waals surface area contributed by atoms with E-state index in [0.717, 1.165) is 50.0 Å². The van der Waals surface area contributed by atoms with Gasteiger partial charge in [0.05, 0.1) is 0 Å². The van der Waals surface area contributed by atoms with Crippen LogP contribution in [0.25, 0.3) is 110 Å². The Kier molecular flexibility index (Phi) is 7.17. The summed E-state index contributed by atoms with van der Waals surface area (Å²) in [6.45, 7) is 0. The van der Waals surface area contributed by atoms with Crippen molar-refractivity contribution in [2.75, 3.05) is 0 Å². The van der Waals surface area contributed by atoms with E-state index in [1.807, 2.05) is 24.3 Å². The average Bonchev–Trinajstić information content (AvgIpc) is 3.65. The normalized spacial score (nSPS) is 11.6. The maximum Gasteiger partial charge on any atom is 0.180 e. The molecule has 3 nitrogen and oxygen atoms in total. The summed E-state index contributed by atoms with van der Waals surface area (Å²) in [7, 11) is 0. The maximum atomic E-state index is 6.61. The van der Waals surface area contributed by atoms with Crippen LogP contribution in [0.5, 0.6) is 0 Å². The highest BCUT2D eigenvalue weighted by Gasteiger charge is 2.19. The SMILES string of the molecule is c1ccc(-c2ccc(-c3nc(-c4ccccc4)nc4c3oc3ccc(-c5cccc(-c6ccc7c8ccccc8c8ccccc8c7c6)c5)cc34)cc2)cc1. The zero-order valence-electron chi connectivity index (χ0n) is 29.8. The predicted molar refractivity (Wildman–Crippen MR) is 229 cm³/mol. The van der Waals surface area contributed by atoms with E-state index >= 15 is 0 Å². The molecule has 0 unspecified atom stereocenters. The number of hydrogen-bond acceptors (Lipinski definition) is 3. The third kappa shape index (κ3) is 5.28. The van der Waals surface area contributed by atoms with Crippen molar-refractivity contribution < 1.29 is 4.42 Å². The van der Waals surface area contributed by atoms with Gasteiger partial charge in [-0.1, -0.05) is 170 Å². The van der Waals surface area contributed by atoms with Crippen molar-refractivity contribution in [3.05, 3.63) is 194 Å². The number of rotatable bonds is 5. The Morgan fingerprint density at radius 1 is 0.291 bits per heavy atom. The fraction of sp³-hybridized carbons (Fsp3) is 0. The molecule has 0 fully saturated rings. The molecule has 11 rings (SSSR count). The van der Waals surface area contributed by atoms with Crippen molar-refractivity contribution >= 4 is 54.4 Å². The summed E-state index contributed by atoms with van der Waals surface area (Å²) < 4.78 is 6.61. The lowest BCUT2D eigenvalue weighted by Gasteiger charge is -2.12. The zero-order chi connectivity index (χ0) is 36.3. The maximum absolute atomic E-state index is 6.61. The molecule has 0 aliphatic carbocycles. The topological polar surface area (TPSA) is 38.9 Å². The molecule has 0 aliphatic rings. The Balaban J connectivity index is 1.04. The van der Waals surface area contributed by atoms with E-state index in [0.29, 0.717) is 11.4 Å². The van der Waals surface area contributed by atoms with Gasteiger partial charge in [0.1, 0.15) is 16.8 Å². The van der Waals surface area contributed by atoms with Gasteiger partial charge in [-0.05, 0) is 90.0 Å². The molecule has 0 spiro atoms. The van der Waals surface area contributed by atoms with Gasteiger partial charge < -0.3 is 4.42 Å². The Morgan fingerprint density at radius 2 is 0.745 bits per heavy atom. The molecule has 0 N–H and O–H groups in total. The second kappa shape index (κ2) is 12.6. The van der Waals surface area contributed by atoms with Crippen molar-refractivity contribution in [3.63, 3.8) is 0 Å². The van der Waals surface area contributed by atoms with Crippen LogP contribution in [0.2, 0.25) is 0 Å². The van der Waals surface area contributed by atoms with Crippen LogP contribution in [0.1, 0.15) is 0 Å². The van der Waals surface area contributed by atoms with Crippen molar-refractivity contribution in [1.82, 2.24) is 9.97 Å². The quantitative estimate of drug-likeness (QED) is 0.168. The summed E-state index contributed by atoms with van der Waals surface area (Å²) in [5.74, 6) is 0.668. The van der Waals surface area contributed by atoms with Crippen LogP contribution in [-0.4, -0.2) is 9.97 Å². The van der Waals surface area contributed by atoms with E-state index in [4.69, 9.17) is 14.4 Å². The van der Waals surface area contributed by atoms with Gasteiger partial charge in [0, 0.05) is 16.5 Å². The molecule has 2 aromatic heterocycles. The summed E-state index contributed by atoms with van der Waals surface area (Å²) in [6.07, 6.45) is 0. The number of fused-ring (bicyclic) bond motifs is 9. The second-order valence-electron chi connectivity index (χ2n) is 14.1. The van der Waals surface area contributed by atoms with Gasteiger partial charge in [0.25, 0.3) is 0 Å². The van der Waals surface area contributed by atoms with Gasteiger partial charge in [-0.15, -0.1) is 0 Å². The molecule has 0 amide bonds. The van der Waals surface area contributed by atoms with Gasteiger partial charge in [0.15, 0.2) is 11.4 Å².